The summed E-state index contributed by atoms with van der Waals surface area (Å²) in [6.07, 6.45) is -1.84. The Morgan fingerprint density at radius 2 is 2.11 bits per heavy atom. The molecular weight excluding hydrogens is 268 g/mol. The Labute approximate surface area is 103 Å². The highest BCUT2D eigenvalue weighted by molar-refractivity contribution is 7.89. The number of rotatable bonds is 6. The molecule has 18 heavy (non-hydrogen) atoms. The average Bonchev–Trinajstić information content (AvgIpc) is 2.28. The third-order valence-electron chi connectivity index (χ3n) is 2.09. The molecule has 1 rings (SSSR count). The average molecular weight is 281 g/mol. The topological polar surface area (TPSA) is 96.5 Å². The van der Waals surface area contributed by atoms with E-state index in [1.165, 1.54) is 12.1 Å². The second kappa shape index (κ2) is 6.03. The van der Waals surface area contributed by atoms with Crippen LogP contribution in [0.3, 0.4) is 0 Å². The van der Waals surface area contributed by atoms with Crippen molar-refractivity contribution >= 4 is 15.8 Å². The van der Waals surface area contributed by atoms with Crippen LogP contribution < -0.4 is 5.73 Å². The van der Waals surface area contributed by atoms with Crippen LogP contribution in [0, 0.1) is 0 Å². The number of pyridine rings is 1. The van der Waals surface area contributed by atoms with E-state index in [0.29, 0.717) is 4.31 Å². The van der Waals surface area contributed by atoms with E-state index in [9.17, 15) is 17.2 Å². The van der Waals surface area contributed by atoms with E-state index in [1.807, 2.05) is 0 Å². The molecule has 0 saturated carbocycles. The van der Waals surface area contributed by atoms with Crippen molar-refractivity contribution in [1.29, 1.82) is 0 Å². The summed E-state index contributed by atoms with van der Waals surface area (Å²) in [5.41, 5.74) is 5.31. The number of sulfonamides is 1. The van der Waals surface area contributed by atoms with Crippen LogP contribution in [0.4, 0.5) is 14.6 Å². The van der Waals surface area contributed by atoms with Crippen molar-refractivity contribution in [3.05, 3.63) is 18.3 Å². The minimum atomic E-state index is -4.10. The summed E-state index contributed by atoms with van der Waals surface area (Å²) < 4.78 is 49.0. The van der Waals surface area contributed by atoms with Crippen LogP contribution in [-0.2, 0) is 10.0 Å². The molecule has 102 valence electrons. The molecule has 0 unspecified atom stereocenters. The maximum Gasteiger partial charge on any atom is 0.252 e. The molecule has 0 radical (unpaired) electrons. The second-order valence-corrected chi connectivity index (χ2v) is 5.33. The first kappa shape index (κ1) is 14.7. The number of anilines is 1. The fourth-order valence-electron chi connectivity index (χ4n) is 1.27. The monoisotopic (exact) mass is 281 g/mol. The number of hydrogen-bond donors (Lipinski definition) is 2. The number of nitrogens with two attached hydrogens (primary N) is 1. The van der Waals surface area contributed by atoms with Crippen molar-refractivity contribution in [2.45, 2.75) is 11.3 Å². The molecule has 0 aliphatic rings. The molecule has 3 N–H and O–H groups in total. The first-order valence-corrected chi connectivity index (χ1v) is 6.42. The molecular formula is C9H13F2N3O3S. The predicted octanol–water partition coefficient (Wildman–Crippen LogP) is -0.0881. The van der Waals surface area contributed by atoms with E-state index < -0.39 is 36.1 Å². The minimum absolute atomic E-state index is 0.122. The van der Waals surface area contributed by atoms with Crippen LogP contribution in [0.15, 0.2) is 23.2 Å². The van der Waals surface area contributed by atoms with Crippen LogP contribution in [0.25, 0.3) is 0 Å². The fourth-order valence-corrected chi connectivity index (χ4v) is 2.62. The van der Waals surface area contributed by atoms with Gasteiger partial charge in [-0.2, -0.15) is 4.31 Å². The third-order valence-corrected chi connectivity index (χ3v) is 3.94. The molecule has 0 fully saturated rings. The number of nitrogens with zero attached hydrogens (tertiary/aromatic N) is 2. The Balaban J connectivity index is 3.04. The summed E-state index contributed by atoms with van der Waals surface area (Å²) in [4.78, 5) is 3.34. The summed E-state index contributed by atoms with van der Waals surface area (Å²) in [5, 5.41) is 8.72. The van der Waals surface area contributed by atoms with Gasteiger partial charge in [-0.1, -0.05) is 0 Å². The summed E-state index contributed by atoms with van der Waals surface area (Å²) in [7, 11) is -4.10. The van der Waals surface area contributed by atoms with E-state index in [1.54, 1.807) is 0 Å². The van der Waals surface area contributed by atoms with Crippen LogP contribution in [0.1, 0.15) is 0 Å². The lowest BCUT2D eigenvalue weighted by Crippen LogP contribution is -2.37. The van der Waals surface area contributed by atoms with Gasteiger partial charge in [-0.15, -0.1) is 0 Å². The quantitative estimate of drug-likeness (QED) is 0.759. The van der Waals surface area contributed by atoms with Gasteiger partial charge in [0, 0.05) is 12.7 Å². The van der Waals surface area contributed by atoms with E-state index in [0.717, 1.165) is 6.20 Å². The van der Waals surface area contributed by atoms with Gasteiger partial charge in [0.15, 0.2) is 0 Å². The number of aromatic nitrogens is 1. The first-order valence-electron chi connectivity index (χ1n) is 4.98. The first-order chi connectivity index (χ1) is 8.37. The van der Waals surface area contributed by atoms with Gasteiger partial charge in [0.05, 0.1) is 13.2 Å². The van der Waals surface area contributed by atoms with E-state index in [2.05, 4.69) is 4.98 Å². The van der Waals surface area contributed by atoms with Crippen molar-refractivity contribution in [1.82, 2.24) is 9.29 Å². The third kappa shape index (κ3) is 3.59. The van der Waals surface area contributed by atoms with Crippen LogP contribution in [0.2, 0.25) is 0 Å². The van der Waals surface area contributed by atoms with Crippen molar-refractivity contribution < 1.29 is 22.3 Å². The standard InChI is InChI=1S/C9H13F2N3O3S/c10-8(11)6-14(3-4-15)18(16,17)7-1-2-9(12)13-5-7/h1-2,5,8,15H,3-4,6H2,(H2,12,13). The van der Waals surface area contributed by atoms with E-state index in [4.69, 9.17) is 10.8 Å². The molecule has 0 aromatic carbocycles. The molecule has 0 amide bonds. The highest BCUT2D eigenvalue weighted by Crippen LogP contribution is 2.16. The molecule has 0 aliphatic heterocycles. The summed E-state index contributed by atoms with van der Waals surface area (Å²) in [5.74, 6) is 0.122. The lowest BCUT2D eigenvalue weighted by molar-refractivity contribution is 0.113. The molecule has 1 aromatic heterocycles. The number of alkyl halides is 2. The predicted molar refractivity (Wildman–Crippen MR) is 60.5 cm³/mol. The number of halogens is 2. The van der Waals surface area contributed by atoms with Crippen LogP contribution >= 0.6 is 0 Å². The maximum atomic E-state index is 12.3. The van der Waals surface area contributed by atoms with Crippen LogP contribution in [0.5, 0.6) is 0 Å². The van der Waals surface area contributed by atoms with E-state index >= 15 is 0 Å². The van der Waals surface area contributed by atoms with Gasteiger partial charge < -0.3 is 10.8 Å². The summed E-state index contributed by atoms with van der Waals surface area (Å²) in [6.45, 7) is -1.93. The number of nitrogen functional groups attached to an aromatic ring is 1. The van der Waals surface area contributed by atoms with Crippen molar-refractivity contribution in [2.75, 3.05) is 25.4 Å². The normalized spacial score (nSPS) is 12.3. The van der Waals surface area contributed by atoms with Gasteiger partial charge in [-0.3, -0.25) is 0 Å². The highest BCUT2D eigenvalue weighted by atomic mass is 32.2. The molecule has 0 bridgehead atoms. The van der Waals surface area contributed by atoms with Crippen molar-refractivity contribution in [3.8, 4) is 0 Å². The Bertz CT molecular complexity index is 478. The summed E-state index contributed by atoms with van der Waals surface area (Å²) in [6, 6.07) is 2.43. The van der Waals surface area contributed by atoms with Gasteiger partial charge in [0.1, 0.15) is 10.7 Å². The Morgan fingerprint density at radius 3 is 2.56 bits per heavy atom. The molecule has 0 spiro atoms. The molecule has 9 heteroatoms. The Morgan fingerprint density at radius 1 is 1.44 bits per heavy atom. The molecule has 1 aromatic rings. The van der Waals surface area contributed by atoms with Crippen LogP contribution in [-0.4, -0.2) is 48.9 Å². The molecule has 0 aliphatic carbocycles. The van der Waals surface area contributed by atoms with E-state index in [-0.39, 0.29) is 10.7 Å². The van der Waals surface area contributed by atoms with Gasteiger partial charge in [0.2, 0.25) is 10.0 Å². The lowest BCUT2D eigenvalue weighted by atomic mass is 10.5. The van der Waals surface area contributed by atoms with Gasteiger partial charge in [-0.05, 0) is 12.1 Å². The van der Waals surface area contributed by atoms with Gasteiger partial charge in [0.25, 0.3) is 6.43 Å². The molecule has 0 saturated heterocycles. The Hall–Kier alpha value is -1.32. The van der Waals surface area contributed by atoms with Gasteiger partial charge in [-0.25, -0.2) is 22.2 Å². The zero-order valence-corrected chi connectivity index (χ0v) is 10.1. The Kier molecular flexibility index (Phi) is 4.93. The number of aliphatic hydroxyl groups excluding tert-OH is 1. The minimum Gasteiger partial charge on any atom is -0.395 e. The smallest absolute Gasteiger partial charge is 0.252 e. The largest absolute Gasteiger partial charge is 0.395 e. The molecule has 6 nitrogen and oxygen atoms in total. The van der Waals surface area contributed by atoms with Crippen molar-refractivity contribution in [3.63, 3.8) is 0 Å². The lowest BCUT2D eigenvalue weighted by Gasteiger charge is -2.20. The fraction of sp³-hybridized carbons (Fsp3) is 0.444. The zero-order valence-electron chi connectivity index (χ0n) is 9.33. The maximum absolute atomic E-state index is 12.3. The summed E-state index contributed by atoms with van der Waals surface area (Å²) >= 11 is 0. The van der Waals surface area contributed by atoms with Gasteiger partial charge >= 0.3 is 0 Å². The van der Waals surface area contributed by atoms with Crippen molar-refractivity contribution in [2.24, 2.45) is 0 Å². The molecule has 0 atom stereocenters. The SMILES string of the molecule is Nc1ccc(S(=O)(=O)N(CCO)CC(F)F)cn1. The molecule has 1 heterocycles. The zero-order chi connectivity index (χ0) is 13.8. The highest BCUT2D eigenvalue weighted by Gasteiger charge is 2.27. The second-order valence-electron chi connectivity index (χ2n) is 3.40. The number of aliphatic hydroxyl groups is 1. The number of hydrogen-bond acceptors (Lipinski definition) is 5.